The van der Waals surface area contributed by atoms with E-state index < -0.39 is 0 Å². The highest BCUT2D eigenvalue weighted by Crippen LogP contribution is 2.25. The zero-order valence-corrected chi connectivity index (χ0v) is 11.1. The second kappa shape index (κ2) is 7.92. The zero-order valence-electron chi connectivity index (χ0n) is 11.1. The summed E-state index contributed by atoms with van der Waals surface area (Å²) in [6.45, 7) is 10.5. The van der Waals surface area contributed by atoms with Gasteiger partial charge in [0.25, 0.3) is 0 Å². The molecule has 0 aliphatic heterocycles. The van der Waals surface area contributed by atoms with Gasteiger partial charge >= 0.3 is 0 Å². The lowest BCUT2D eigenvalue weighted by atomic mass is 9.91. The Morgan fingerprint density at radius 3 is 2.13 bits per heavy atom. The van der Waals surface area contributed by atoms with E-state index in [1.807, 2.05) is 0 Å². The van der Waals surface area contributed by atoms with Gasteiger partial charge < -0.3 is 4.74 Å². The lowest BCUT2D eigenvalue weighted by molar-refractivity contribution is 0.0292. The Morgan fingerprint density at radius 2 is 1.67 bits per heavy atom. The highest BCUT2D eigenvalue weighted by atomic mass is 16.5. The van der Waals surface area contributed by atoms with Crippen LogP contribution in [0.4, 0.5) is 0 Å². The Balaban J connectivity index is 3.60. The molecule has 0 saturated carbocycles. The molecule has 0 saturated heterocycles. The third kappa shape index (κ3) is 5.99. The van der Waals surface area contributed by atoms with Gasteiger partial charge in [-0.05, 0) is 25.8 Å². The quantitative estimate of drug-likeness (QED) is 0.397. The van der Waals surface area contributed by atoms with E-state index in [1.165, 1.54) is 38.5 Å². The van der Waals surface area contributed by atoms with Gasteiger partial charge in [-0.2, -0.15) is 0 Å². The third-order valence-electron chi connectivity index (χ3n) is 3.36. The number of hydrogen-bond acceptors (Lipinski definition) is 1. The molecule has 0 bridgehead atoms. The van der Waals surface area contributed by atoms with Crippen molar-refractivity contribution in [1.29, 1.82) is 0 Å². The van der Waals surface area contributed by atoms with E-state index in [1.54, 1.807) is 7.11 Å². The molecule has 0 aromatic rings. The summed E-state index contributed by atoms with van der Waals surface area (Å²) in [4.78, 5) is 0. The Kier molecular flexibility index (Phi) is 7.76. The molecule has 15 heavy (non-hydrogen) atoms. The van der Waals surface area contributed by atoms with Crippen LogP contribution in [0.15, 0.2) is 12.2 Å². The van der Waals surface area contributed by atoms with Crippen molar-refractivity contribution < 1.29 is 4.74 Å². The minimum absolute atomic E-state index is 0.106. The molecule has 1 heteroatoms. The summed E-state index contributed by atoms with van der Waals surface area (Å²) in [6, 6.07) is 0. The molecule has 0 aliphatic rings. The SMILES string of the molecule is C=C(C)C(C)(CCCCCCCC)OC. The molecule has 1 nitrogen and oxygen atoms in total. The van der Waals surface area contributed by atoms with E-state index in [9.17, 15) is 0 Å². The summed E-state index contributed by atoms with van der Waals surface area (Å²) in [5, 5.41) is 0. The minimum atomic E-state index is -0.106. The maximum Gasteiger partial charge on any atom is 0.0854 e. The van der Waals surface area contributed by atoms with Gasteiger partial charge in [-0.3, -0.25) is 0 Å². The van der Waals surface area contributed by atoms with Gasteiger partial charge in [0, 0.05) is 7.11 Å². The normalized spacial score (nSPS) is 14.9. The monoisotopic (exact) mass is 212 g/mol. The van der Waals surface area contributed by atoms with Crippen LogP contribution >= 0.6 is 0 Å². The summed E-state index contributed by atoms with van der Waals surface area (Å²) in [5.74, 6) is 0. The standard InChI is InChI=1S/C14H28O/c1-6-7-8-9-10-11-12-14(4,15-5)13(2)3/h2,6-12H2,1,3-5H3. The van der Waals surface area contributed by atoms with Crippen LogP contribution in [-0.2, 0) is 4.74 Å². The third-order valence-corrected chi connectivity index (χ3v) is 3.36. The molecule has 90 valence electrons. The fourth-order valence-electron chi connectivity index (χ4n) is 1.73. The van der Waals surface area contributed by atoms with Crippen LogP contribution in [0.3, 0.4) is 0 Å². The molecule has 0 aliphatic carbocycles. The van der Waals surface area contributed by atoms with Crippen LogP contribution in [0.25, 0.3) is 0 Å². The van der Waals surface area contributed by atoms with Gasteiger partial charge in [-0.25, -0.2) is 0 Å². The van der Waals surface area contributed by atoms with E-state index in [0.717, 1.165) is 12.0 Å². The van der Waals surface area contributed by atoms with Crippen LogP contribution in [0.5, 0.6) is 0 Å². The zero-order chi connectivity index (χ0) is 11.7. The first-order chi connectivity index (χ1) is 7.06. The van der Waals surface area contributed by atoms with E-state index >= 15 is 0 Å². The number of methoxy groups -OCH3 is 1. The number of ether oxygens (including phenoxy) is 1. The van der Waals surface area contributed by atoms with Gasteiger partial charge in [0.05, 0.1) is 5.60 Å². The topological polar surface area (TPSA) is 9.23 Å². The molecule has 0 aromatic carbocycles. The molecule has 0 rings (SSSR count). The van der Waals surface area contributed by atoms with Gasteiger partial charge in [0.15, 0.2) is 0 Å². The van der Waals surface area contributed by atoms with Crippen molar-refractivity contribution in [2.24, 2.45) is 0 Å². The molecule has 0 amide bonds. The largest absolute Gasteiger partial charge is 0.374 e. The maximum atomic E-state index is 5.53. The van der Waals surface area contributed by atoms with Crippen molar-refractivity contribution in [3.63, 3.8) is 0 Å². The second-order valence-electron chi connectivity index (χ2n) is 4.73. The van der Waals surface area contributed by atoms with Gasteiger partial charge in [0.1, 0.15) is 0 Å². The van der Waals surface area contributed by atoms with Crippen molar-refractivity contribution in [2.45, 2.75) is 71.3 Å². The highest BCUT2D eigenvalue weighted by molar-refractivity contribution is 5.07. The minimum Gasteiger partial charge on any atom is -0.374 e. The number of hydrogen-bond donors (Lipinski definition) is 0. The van der Waals surface area contributed by atoms with Gasteiger partial charge in [0.2, 0.25) is 0 Å². The lowest BCUT2D eigenvalue weighted by Gasteiger charge is -2.28. The van der Waals surface area contributed by atoms with Crippen molar-refractivity contribution >= 4 is 0 Å². The first kappa shape index (κ1) is 14.7. The number of unbranched alkanes of at least 4 members (excludes halogenated alkanes) is 5. The fourth-order valence-corrected chi connectivity index (χ4v) is 1.73. The summed E-state index contributed by atoms with van der Waals surface area (Å²) in [5.41, 5.74) is 1.03. The van der Waals surface area contributed by atoms with E-state index in [4.69, 9.17) is 4.74 Å². The molecule has 0 radical (unpaired) electrons. The second-order valence-corrected chi connectivity index (χ2v) is 4.73. The first-order valence-corrected chi connectivity index (χ1v) is 6.28. The molecule has 0 fully saturated rings. The highest BCUT2D eigenvalue weighted by Gasteiger charge is 2.23. The summed E-state index contributed by atoms with van der Waals surface area (Å²) in [6.07, 6.45) is 9.12. The van der Waals surface area contributed by atoms with Crippen molar-refractivity contribution in [1.82, 2.24) is 0 Å². The molecular weight excluding hydrogens is 184 g/mol. The smallest absolute Gasteiger partial charge is 0.0854 e. The van der Waals surface area contributed by atoms with Crippen LogP contribution in [0, 0.1) is 0 Å². The number of rotatable bonds is 9. The summed E-state index contributed by atoms with van der Waals surface area (Å²) < 4.78 is 5.53. The van der Waals surface area contributed by atoms with Crippen molar-refractivity contribution in [3.8, 4) is 0 Å². The van der Waals surface area contributed by atoms with Crippen LogP contribution in [0.1, 0.15) is 65.7 Å². The predicted octanol–water partition coefficient (Wildman–Crippen LogP) is 4.72. The van der Waals surface area contributed by atoms with Crippen LogP contribution < -0.4 is 0 Å². The van der Waals surface area contributed by atoms with Crippen LogP contribution in [-0.4, -0.2) is 12.7 Å². The molecule has 0 aromatic heterocycles. The van der Waals surface area contributed by atoms with E-state index in [2.05, 4.69) is 27.4 Å². The Hall–Kier alpha value is -0.300. The lowest BCUT2D eigenvalue weighted by Crippen LogP contribution is -2.28. The first-order valence-electron chi connectivity index (χ1n) is 6.28. The maximum absolute atomic E-state index is 5.53. The molecule has 1 atom stereocenters. The van der Waals surface area contributed by atoms with E-state index in [-0.39, 0.29) is 5.60 Å². The van der Waals surface area contributed by atoms with Gasteiger partial charge in [-0.15, -0.1) is 0 Å². The molecule has 1 unspecified atom stereocenters. The molecule has 0 N–H and O–H groups in total. The molecule has 0 heterocycles. The predicted molar refractivity (Wildman–Crippen MR) is 68.2 cm³/mol. The van der Waals surface area contributed by atoms with E-state index in [0.29, 0.717) is 0 Å². The molecular formula is C14H28O. The van der Waals surface area contributed by atoms with Crippen molar-refractivity contribution in [2.75, 3.05) is 7.11 Å². The Morgan fingerprint density at radius 1 is 1.13 bits per heavy atom. The fraction of sp³-hybridized carbons (Fsp3) is 0.857. The molecule has 0 spiro atoms. The Bertz CT molecular complexity index is 174. The Labute approximate surface area is 95.9 Å². The van der Waals surface area contributed by atoms with Gasteiger partial charge in [-0.1, -0.05) is 52.0 Å². The van der Waals surface area contributed by atoms with Crippen molar-refractivity contribution in [3.05, 3.63) is 12.2 Å². The average molecular weight is 212 g/mol. The summed E-state index contributed by atoms with van der Waals surface area (Å²) >= 11 is 0. The average Bonchev–Trinajstić information content (AvgIpc) is 2.22. The van der Waals surface area contributed by atoms with Crippen LogP contribution in [0.2, 0.25) is 0 Å². The summed E-state index contributed by atoms with van der Waals surface area (Å²) in [7, 11) is 1.78.